The Hall–Kier alpha value is -1.02. The third-order valence-corrected chi connectivity index (χ3v) is 3.93. The second kappa shape index (κ2) is 5.40. The maximum atomic E-state index is 2.32. The van der Waals surface area contributed by atoms with Crippen molar-refractivity contribution in [2.75, 3.05) is 0 Å². The van der Waals surface area contributed by atoms with Gasteiger partial charge in [-0.05, 0) is 44.5 Å². The Morgan fingerprint density at radius 1 is 0.600 bits per heavy atom. The third-order valence-electron chi connectivity index (χ3n) is 3.93. The molecule has 2 heteroatoms. The number of fused-ring (bicyclic) bond motifs is 4. The summed E-state index contributed by atoms with van der Waals surface area (Å²) in [6.07, 6.45) is 0. The zero-order valence-corrected chi connectivity index (χ0v) is 10.9. The van der Waals surface area contributed by atoms with Crippen molar-refractivity contribution in [2.45, 2.75) is 0 Å². The summed E-state index contributed by atoms with van der Waals surface area (Å²) in [4.78, 5) is 0. The molecule has 0 radical (unpaired) electrons. The van der Waals surface area contributed by atoms with Crippen LogP contribution in [-0.2, 0) is 0 Å². The van der Waals surface area contributed by atoms with Gasteiger partial charge in [0.1, 0.15) is 7.85 Å². The zero-order valence-electron chi connectivity index (χ0n) is 10.9. The summed E-state index contributed by atoms with van der Waals surface area (Å²) in [5.41, 5.74) is 1.35. The fourth-order valence-electron chi connectivity index (χ4n) is 2.99. The van der Waals surface area contributed by atoms with Gasteiger partial charge in [0.2, 0.25) is 0 Å². The Morgan fingerprint density at radius 2 is 1.25 bits per heavy atom. The summed E-state index contributed by atoms with van der Waals surface area (Å²) in [7, 11) is 2.19. The van der Waals surface area contributed by atoms with Crippen LogP contribution < -0.4 is 5.46 Å². The molecule has 4 aromatic rings. The van der Waals surface area contributed by atoms with E-state index in [0.29, 0.717) is 0 Å². The van der Waals surface area contributed by atoms with Gasteiger partial charge in [-0.2, -0.15) is 0 Å². The molecule has 92 valence electrons. The van der Waals surface area contributed by atoms with Crippen molar-refractivity contribution in [3.8, 4) is 0 Å². The molecule has 0 spiro atoms. The second-order valence-electron chi connectivity index (χ2n) is 5.16. The second-order valence-corrected chi connectivity index (χ2v) is 5.16. The average Bonchev–Trinajstić information content (AvgIpc) is 2.45. The average molecular weight is 282 g/mol. The summed E-state index contributed by atoms with van der Waals surface area (Å²) in [6.45, 7) is 0. The fraction of sp³-hybridized carbons (Fsp3) is 0. The monoisotopic (exact) mass is 282 g/mol. The van der Waals surface area contributed by atoms with Crippen LogP contribution in [0.3, 0.4) is 0 Å². The SMILES string of the molecule is Bc1cccc2ccc3cc4ccccc4cc3c12.[CaH2]. The molecule has 0 aliphatic carbocycles. The van der Waals surface area contributed by atoms with E-state index < -0.39 is 0 Å². The van der Waals surface area contributed by atoms with Gasteiger partial charge in [-0.25, -0.2) is 0 Å². The Labute approximate surface area is 149 Å². The Morgan fingerprint density at radius 3 is 2.05 bits per heavy atom. The van der Waals surface area contributed by atoms with Crippen molar-refractivity contribution in [3.63, 3.8) is 0 Å². The predicted molar refractivity (Wildman–Crippen MR) is 95.7 cm³/mol. The van der Waals surface area contributed by atoms with E-state index in [1.165, 1.54) is 37.8 Å². The first-order valence-electron chi connectivity index (χ1n) is 6.64. The molecule has 0 nitrogen and oxygen atoms in total. The molecule has 0 aromatic heterocycles. The molecule has 4 rings (SSSR count). The van der Waals surface area contributed by atoms with Crippen molar-refractivity contribution < 1.29 is 0 Å². The molecule has 0 amide bonds. The molecule has 0 N–H and O–H groups in total. The molecule has 0 heterocycles. The van der Waals surface area contributed by atoms with Crippen molar-refractivity contribution >= 4 is 83.4 Å². The van der Waals surface area contributed by atoms with Gasteiger partial charge in [-0.3, -0.25) is 0 Å². The van der Waals surface area contributed by atoms with Crippen LogP contribution in [0.5, 0.6) is 0 Å². The summed E-state index contributed by atoms with van der Waals surface area (Å²) in [6, 6.07) is 24.1. The maximum absolute atomic E-state index is 2.32. The Kier molecular flexibility index (Phi) is 3.77. The van der Waals surface area contributed by atoms with E-state index in [1.807, 2.05) is 0 Å². The van der Waals surface area contributed by atoms with E-state index in [1.54, 1.807) is 0 Å². The minimum absolute atomic E-state index is 0. The van der Waals surface area contributed by atoms with Gasteiger partial charge in [0.25, 0.3) is 0 Å². The molecule has 0 aliphatic rings. The van der Waals surface area contributed by atoms with Crippen LogP contribution in [0.15, 0.2) is 66.7 Å². The summed E-state index contributed by atoms with van der Waals surface area (Å²) in [5.74, 6) is 0. The van der Waals surface area contributed by atoms with Gasteiger partial charge in [-0.1, -0.05) is 60.1 Å². The van der Waals surface area contributed by atoms with E-state index in [0.717, 1.165) is 0 Å². The topological polar surface area (TPSA) is 0 Å². The van der Waals surface area contributed by atoms with Crippen LogP contribution in [0.25, 0.3) is 32.3 Å². The molecule has 0 fully saturated rings. The fourth-order valence-corrected chi connectivity index (χ4v) is 2.99. The normalized spacial score (nSPS) is 10.8. The van der Waals surface area contributed by atoms with Gasteiger partial charge in [0.15, 0.2) is 0 Å². The van der Waals surface area contributed by atoms with Gasteiger partial charge in [0, 0.05) is 0 Å². The first-order valence-corrected chi connectivity index (χ1v) is 6.64. The van der Waals surface area contributed by atoms with E-state index >= 15 is 0 Å². The summed E-state index contributed by atoms with van der Waals surface area (Å²) in [5, 5.41) is 8.00. The van der Waals surface area contributed by atoms with Gasteiger partial charge < -0.3 is 0 Å². The van der Waals surface area contributed by atoms with Crippen LogP contribution in [-0.4, -0.2) is 45.6 Å². The molecule has 0 aliphatic heterocycles. The Bertz CT molecular complexity index is 928. The molecule has 0 saturated carbocycles. The van der Waals surface area contributed by atoms with Crippen LogP contribution in [0.1, 0.15) is 0 Å². The molecule has 4 aromatic carbocycles. The molecular formula is C18H15BCa. The predicted octanol–water partition coefficient (Wildman–Crippen LogP) is 2.49. The van der Waals surface area contributed by atoms with E-state index in [-0.39, 0.29) is 37.7 Å². The minimum atomic E-state index is 0. The third kappa shape index (κ3) is 2.14. The van der Waals surface area contributed by atoms with Crippen LogP contribution >= 0.6 is 0 Å². The van der Waals surface area contributed by atoms with Crippen molar-refractivity contribution in [2.24, 2.45) is 0 Å². The molecule has 0 atom stereocenters. The van der Waals surface area contributed by atoms with Crippen LogP contribution in [0, 0.1) is 0 Å². The van der Waals surface area contributed by atoms with E-state index in [9.17, 15) is 0 Å². The standard InChI is InChI=1S/C18H13B.Ca.2H/c19-17-7-3-6-12-8-9-15-10-13-4-1-2-5-14(13)11-16(15)18(12)17;;;/h1-11H,19H2;;;. The molecule has 0 saturated heterocycles. The van der Waals surface area contributed by atoms with Gasteiger partial charge in [0.05, 0.1) is 0 Å². The first-order chi connectivity index (χ1) is 9.33. The van der Waals surface area contributed by atoms with Crippen LogP contribution in [0.2, 0.25) is 0 Å². The molecule has 0 bridgehead atoms. The van der Waals surface area contributed by atoms with Crippen molar-refractivity contribution in [3.05, 3.63) is 66.7 Å². The Balaban J connectivity index is 0.00000121. The number of rotatable bonds is 0. The molecule has 0 unspecified atom stereocenters. The van der Waals surface area contributed by atoms with Crippen molar-refractivity contribution in [1.82, 2.24) is 0 Å². The molecular weight excluding hydrogens is 267 g/mol. The zero-order chi connectivity index (χ0) is 12.8. The van der Waals surface area contributed by atoms with Gasteiger partial charge >= 0.3 is 37.7 Å². The van der Waals surface area contributed by atoms with E-state index in [2.05, 4.69) is 74.6 Å². The number of hydrogen-bond acceptors (Lipinski definition) is 0. The number of benzene rings is 4. The first kappa shape index (κ1) is 13.9. The van der Waals surface area contributed by atoms with Crippen LogP contribution in [0.4, 0.5) is 0 Å². The number of hydrogen-bond donors (Lipinski definition) is 0. The summed E-state index contributed by atoms with van der Waals surface area (Å²) < 4.78 is 0. The summed E-state index contributed by atoms with van der Waals surface area (Å²) >= 11 is 0. The van der Waals surface area contributed by atoms with Crippen molar-refractivity contribution in [1.29, 1.82) is 0 Å². The van der Waals surface area contributed by atoms with Gasteiger partial charge in [-0.15, -0.1) is 0 Å². The molecule has 20 heavy (non-hydrogen) atoms. The van der Waals surface area contributed by atoms with E-state index in [4.69, 9.17) is 0 Å². The quantitative estimate of drug-likeness (QED) is 0.264.